The van der Waals surface area contributed by atoms with Gasteiger partial charge in [0.2, 0.25) is 6.79 Å². The van der Waals surface area contributed by atoms with Crippen LogP contribution < -0.4 is 14.4 Å². The Morgan fingerprint density at radius 1 is 0.897 bits per heavy atom. The number of anilines is 1. The number of hydrogen-bond acceptors (Lipinski definition) is 4. The Bertz CT molecular complexity index is 744. The van der Waals surface area contributed by atoms with E-state index in [1.54, 1.807) is 0 Å². The van der Waals surface area contributed by atoms with Gasteiger partial charge in [0, 0.05) is 44.5 Å². The van der Waals surface area contributed by atoms with Crippen LogP contribution in [0, 0.1) is 16.7 Å². The van der Waals surface area contributed by atoms with Crippen molar-refractivity contribution in [2.45, 2.75) is 65.7 Å². The molecule has 4 heteroatoms. The molecule has 5 rings (SSSR count). The summed E-state index contributed by atoms with van der Waals surface area (Å²) in [5.41, 5.74) is 3.65. The number of hydrogen-bond donors (Lipinski definition) is 0. The molecule has 0 unspecified atom stereocenters. The molecular formula is C25H38N2O2. The number of piperazine rings is 1. The Morgan fingerprint density at radius 3 is 2.14 bits per heavy atom. The topological polar surface area (TPSA) is 24.9 Å². The molecule has 2 heterocycles. The normalized spacial score (nSPS) is 26.7. The summed E-state index contributed by atoms with van der Waals surface area (Å²) >= 11 is 0. The maximum atomic E-state index is 5.79. The highest BCUT2D eigenvalue weighted by Crippen LogP contribution is 2.54. The van der Waals surface area contributed by atoms with E-state index in [2.05, 4.69) is 49.6 Å². The fourth-order valence-electron chi connectivity index (χ4n) is 6.45. The first-order valence-corrected chi connectivity index (χ1v) is 11.7. The van der Waals surface area contributed by atoms with Gasteiger partial charge in [-0.2, -0.15) is 0 Å². The smallest absolute Gasteiger partial charge is 0.231 e. The van der Waals surface area contributed by atoms with Crippen LogP contribution in [0.25, 0.3) is 0 Å². The summed E-state index contributed by atoms with van der Waals surface area (Å²) in [5, 5.41) is 0. The third kappa shape index (κ3) is 4.23. The standard InChI is InChI=1S/C25H38N2O2/c1-24(2)13-19(14-25(3,4)16-24)20-11-22-23(29-17-28-22)12-21(20)27-9-7-26(8-10-27)15-18-5-6-18/h11-12,18-19H,5-10,13-17H2,1-4H3. The highest BCUT2D eigenvalue weighted by atomic mass is 16.7. The number of ether oxygens (including phenoxy) is 2. The van der Waals surface area contributed by atoms with Gasteiger partial charge in [0.25, 0.3) is 0 Å². The van der Waals surface area contributed by atoms with E-state index in [4.69, 9.17) is 9.47 Å². The Kier molecular flexibility index (Phi) is 4.77. The lowest BCUT2D eigenvalue weighted by atomic mass is 9.60. The van der Waals surface area contributed by atoms with Crippen LogP contribution in [0.5, 0.6) is 11.5 Å². The van der Waals surface area contributed by atoms with E-state index in [1.807, 2.05) is 0 Å². The molecule has 4 nitrogen and oxygen atoms in total. The van der Waals surface area contributed by atoms with Crippen LogP contribution >= 0.6 is 0 Å². The van der Waals surface area contributed by atoms with Gasteiger partial charge in [-0.15, -0.1) is 0 Å². The van der Waals surface area contributed by atoms with Crippen LogP contribution in [0.4, 0.5) is 5.69 Å². The Morgan fingerprint density at radius 2 is 1.52 bits per heavy atom. The third-order valence-corrected chi connectivity index (χ3v) is 7.44. The molecule has 0 amide bonds. The maximum absolute atomic E-state index is 5.79. The van der Waals surface area contributed by atoms with Crippen molar-refractivity contribution in [2.75, 3.05) is 44.4 Å². The van der Waals surface area contributed by atoms with Crippen molar-refractivity contribution < 1.29 is 9.47 Å². The first-order valence-electron chi connectivity index (χ1n) is 11.7. The molecule has 2 aliphatic carbocycles. The minimum atomic E-state index is 0.356. The molecule has 4 aliphatic rings. The van der Waals surface area contributed by atoms with Crippen molar-refractivity contribution in [1.29, 1.82) is 0 Å². The molecule has 0 N–H and O–H groups in total. The minimum Gasteiger partial charge on any atom is -0.454 e. The van der Waals surface area contributed by atoms with Crippen molar-refractivity contribution in [2.24, 2.45) is 16.7 Å². The summed E-state index contributed by atoms with van der Waals surface area (Å²) in [4.78, 5) is 5.29. The molecule has 3 fully saturated rings. The predicted octanol–water partition coefficient (Wildman–Crippen LogP) is 5.27. The lowest BCUT2D eigenvalue weighted by Gasteiger charge is -2.46. The maximum Gasteiger partial charge on any atom is 0.231 e. The van der Waals surface area contributed by atoms with Crippen molar-refractivity contribution >= 4 is 5.69 Å². The summed E-state index contributed by atoms with van der Waals surface area (Å²) < 4.78 is 11.6. The van der Waals surface area contributed by atoms with Crippen molar-refractivity contribution in [1.82, 2.24) is 4.90 Å². The summed E-state index contributed by atoms with van der Waals surface area (Å²) in [6.07, 6.45) is 6.70. The van der Waals surface area contributed by atoms with Crippen LogP contribution in [0.1, 0.15) is 71.3 Å². The van der Waals surface area contributed by atoms with E-state index < -0.39 is 0 Å². The van der Waals surface area contributed by atoms with Crippen molar-refractivity contribution in [3.05, 3.63) is 17.7 Å². The number of nitrogens with zero attached hydrogens (tertiary/aromatic N) is 2. The Labute approximate surface area is 176 Å². The zero-order valence-corrected chi connectivity index (χ0v) is 18.8. The summed E-state index contributed by atoms with van der Waals surface area (Å²) in [6, 6.07) is 4.60. The first kappa shape index (κ1) is 19.5. The molecule has 0 spiro atoms. The van der Waals surface area contributed by atoms with Gasteiger partial charge < -0.3 is 14.4 Å². The largest absolute Gasteiger partial charge is 0.454 e. The van der Waals surface area contributed by atoms with Gasteiger partial charge in [-0.05, 0) is 66.4 Å². The van der Waals surface area contributed by atoms with E-state index in [1.165, 1.54) is 63.0 Å². The van der Waals surface area contributed by atoms with Crippen LogP contribution in [-0.2, 0) is 0 Å². The van der Waals surface area contributed by atoms with E-state index in [-0.39, 0.29) is 0 Å². The average Bonchev–Trinajstić information content (AvgIpc) is 3.33. The second kappa shape index (κ2) is 7.08. The number of benzene rings is 1. The summed E-state index contributed by atoms with van der Waals surface area (Å²) in [5.74, 6) is 3.44. The van der Waals surface area contributed by atoms with Gasteiger partial charge in [-0.1, -0.05) is 27.7 Å². The molecule has 1 saturated heterocycles. The van der Waals surface area contributed by atoms with Crippen LogP contribution in [0.3, 0.4) is 0 Å². The molecule has 1 aromatic rings. The van der Waals surface area contributed by atoms with E-state index >= 15 is 0 Å². The van der Waals surface area contributed by atoms with Gasteiger partial charge in [0.15, 0.2) is 11.5 Å². The SMILES string of the molecule is CC1(C)CC(c2cc3c(cc2N2CCN(CC4CC4)CC2)OCO3)CC(C)(C)C1. The van der Waals surface area contributed by atoms with Gasteiger partial charge in [0.1, 0.15) is 0 Å². The lowest BCUT2D eigenvalue weighted by molar-refractivity contribution is 0.0969. The Balaban J connectivity index is 1.42. The molecule has 2 saturated carbocycles. The monoisotopic (exact) mass is 398 g/mol. The minimum absolute atomic E-state index is 0.356. The van der Waals surface area contributed by atoms with Crippen LogP contribution in [0.15, 0.2) is 12.1 Å². The second-order valence-corrected chi connectivity index (χ2v) is 11.6. The fraction of sp³-hybridized carbons (Fsp3) is 0.760. The molecule has 1 aromatic carbocycles. The quantitative estimate of drug-likeness (QED) is 0.690. The highest BCUT2D eigenvalue weighted by molar-refractivity contribution is 5.64. The Hall–Kier alpha value is -1.42. The van der Waals surface area contributed by atoms with Gasteiger partial charge in [0.05, 0.1) is 0 Å². The summed E-state index contributed by atoms with van der Waals surface area (Å²) in [7, 11) is 0. The molecule has 0 atom stereocenters. The average molecular weight is 399 g/mol. The van der Waals surface area contributed by atoms with Crippen molar-refractivity contribution in [3.63, 3.8) is 0 Å². The number of rotatable bonds is 4. The summed E-state index contributed by atoms with van der Waals surface area (Å²) in [6.45, 7) is 16.1. The zero-order chi connectivity index (χ0) is 20.2. The van der Waals surface area contributed by atoms with E-state index in [0.29, 0.717) is 23.5 Å². The van der Waals surface area contributed by atoms with Gasteiger partial charge in [-0.3, -0.25) is 4.90 Å². The first-order chi connectivity index (χ1) is 13.8. The molecule has 0 bridgehead atoms. The van der Waals surface area contributed by atoms with Crippen LogP contribution in [0.2, 0.25) is 0 Å². The highest BCUT2D eigenvalue weighted by Gasteiger charge is 2.40. The molecule has 0 radical (unpaired) electrons. The van der Waals surface area contributed by atoms with Gasteiger partial charge >= 0.3 is 0 Å². The molecule has 2 aliphatic heterocycles. The van der Waals surface area contributed by atoms with Gasteiger partial charge in [-0.25, -0.2) is 0 Å². The molecule has 29 heavy (non-hydrogen) atoms. The number of fused-ring (bicyclic) bond motifs is 1. The van der Waals surface area contributed by atoms with E-state index in [0.717, 1.165) is 30.5 Å². The molecular weight excluding hydrogens is 360 g/mol. The zero-order valence-electron chi connectivity index (χ0n) is 18.8. The van der Waals surface area contributed by atoms with Crippen LogP contribution in [-0.4, -0.2) is 44.4 Å². The van der Waals surface area contributed by atoms with Crippen molar-refractivity contribution in [3.8, 4) is 11.5 Å². The third-order valence-electron chi connectivity index (χ3n) is 7.44. The molecule has 0 aromatic heterocycles. The fourth-order valence-corrected chi connectivity index (χ4v) is 6.45. The second-order valence-electron chi connectivity index (χ2n) is 11.6. The molecule has 160 valence electrons. The lowest BCUT2D eigenvalue weighted by Crippen LogP contribution is -2.47. The van der Waals surface area contributed by atoms with E-state index in [9.17, 15) is 0 Å². The predicted molar refractivity (Wildman–Crippen MR) is 118 cm³/mol.